The first-order valence-electron chi connectivity index (χ1n) is 9.21. The fourth-order valence-electron chi connectivity index (χ4n) is 3.41. The van der Waals surface area contributed by atoms with E-state index in [2.05, 4.69) is 15.5 Å². The minimum Gasteiger partial charge on any atom is -0.482 e. The maximum Gasteiger partial charge on any atom is 0.272 e. The van der Waals surface area contributed by atoms with Crippen LogP contribution in [0.4, 0.5) is 0 Å². The molecule has 148 valence electrons. The molecule has 0 aliphatic carbocycles. The van der Waals surface area contributed by atoms with Gasteiger partial charge in [0, 0.05) is 18.7 Å². The first-order chi connectivity index (χ1) is 13.6. The van der Waals surface area contributed by atoms with Crippen LogP contribution in [0.3, 0.4) is 0 Å². The standard InChI is InChI=1S/C19H21ClN4O4/c20-14-3-1-2-4-16(14)28-11-17(25)24-7-5-13-15(9-24)22-23-18(13)19(26)21-12-6-8-27-10-12/h1-4,12H,5-11H2,(H,21,26)(H,22,23). The molecule has 1 aromatic carbocycles. The predicted octanol–water partition coefficient (Wildman–Crippen LogP) is 1.55. The molecule has 2 aromatic rings. The van der Waals surface area contributed by atoms with Crippen LogP contribution in [-0.2, 0) is 22.5 Å². The number of H-pyrrole nitrogens is 1. The third kappa shape index (κ3) is 3.98. The molecular formula is C19H21ClN4O4. The minimum absolute atomic E-state index is 0.0310. The van der Waals surface area contributed by atoms with Gasteiger partial charge in [0.1, 0.15) is 5.75 Å². The summed E-state index contributed by atoms with van der Waals surface area (Å²) in [7, 11) is 0. The van der Waals surface area contributed by atoms with Crippen molar-refractivity contribution >= 4 is 23.4 Å². The Balaban J connectivity index is 1.36. The van der Waals surface area contributed by atoms with Crippen LogP contribution >= 0.6 is 11.6 Å². The zero-order valence-corrected chi connectivity index (χ0v) is 16.0. The normalized spacial score (nSPS) is 18.6. The SMILES string of the molecule is O=C(NC1CCOC1)c1n[nH]c2c1CCN(C(=O)COc1ccccc1Cl)C2. The molecule has 1 unspecified atom stereocenters. The lowest BCUT2D eigenvalue weighted by Gasteiger charge is -2.27. The monoisotopic (exact) mass is 404 g/mol. The summed E-state index contributed by atoms with van der Waals surface area (Å²) in [5, 5.41) is 10.5. The fraction of sp³-hybridized carbons (Fsp3) is 0.421. The van der Waals surface area contributed by atoms with Gasteiger partial charge in [-0.2, -0.15) is 5.10 Å². The van der Waals surface area contributed by atoms with Gasteiger partial charge in [-0.05, 0) is 25.0 Å². The number of ether oxygens (including phenoxy) is 2. The Morgan fingerprint density at radius 2 is 2.25 bits per heavy atom. The summed E-state index contributed by atoms with van der Waals surface area (Å²) in [6.45, 7) is 1.97. The maximum absolute atomic E-state index is 12.5. The Morgan fingerprint density at radius 1 is 1.39 bits per heavy atom. The molecule has 1 saturated heterocycles. The number of aromatic nitrogens is 2. The molecule has 4 rings (SSSR count). The van der Waals surface area contributed by atoms with E-state index < -0.39 is 0 Å². The summed E-state index contributed by atoms with van der Waals surface area (Å²) in [6, 6.07) is 7.06. The van der Waals surface area contributed by atoms with Crippen LogP contribution in [0.2, 0.25) is 5.02 Å². The van der Waals surface area contributed by atoms with Crippen LogP contribution in [0.1, 0.15) is 28.2 Å². The lowest BCUT2D eigenvalue weighted by atomic mass is 10.0. The Kier molecular flexibility index (Phi) is 5.50. The number of hydrogen-bond donors (Lipinski definition) is 2. The van der Waals surface area contributed by atoms with Crippen LogP contribution in [-0.4, -0.2) is 59.3 Å². The third-order valence-corrected chi connectivity index (χ3v) is 5.27. The maximum atomic E-state index is 12.5. The fourth-order valence-corrected chi connectivity index (χ4v) is 3.60. The molecular weight excluding hydrogens is 384 g/mol. The van der Waals surface area contributed by atoms with Gasteiger partial charge in [-0.15, -0.1) is 0 Å². The first kappa shape index (κ1) is 18.8. The van der Waals surface area contributed by atoms with Gasteiger partial charge in [0.25, 0.3) is 11.8 Å². The molecule has 28 heavy (non-hydrogen) atoms. The second-order valence-electron chi connectivity index (χ2n) is 6.85. The predicted molar refractivity (Wildman–Crippen MR) is 101 cm³/mol. The number of rotatable bonds is 5. The zero-order chi connectivity index (χ0) is 19.5. The van der Waals surface area contributed by atoms with E-state index >= 15 is 0 Å². The number of hydrogen-bond acceptors (Lipinski definition) is 5. The molecule has 9 heteroatoms. The van der Waals surface area contributed by atoms with Crippen molar-refractivity contribution in [1.82, 2.24) is 20.4 Å². The molecule has 1 fully saturated rings. The van der Waals surface area contributed by atoms with Crippen molar-refractivity contribution < 1.29 is 19.1 Å². The van der Waals surface area contributed by atoms with Crippen LogP contribution < -0.4 is 10.1 Å². The van der Waals surface area contributed by atoms with Gasteiger partial charge in [-0.1, -0.05) is 23.7 Å². The van der Waals surface area contributed by atoms with Crippen LogP contribution in [0.25, 0.3) is 0 Å². The smallest absolute Gasteiger partial charge is 0.272 e. The van der Waals surface area contributed by atoms with Gasteiger partial charge in [-0.3, -0.25) is 14.7 Å². The Morgan fingerprint density at radius 3 is 3.04 bits per heavy atom. The topological polar surface area (TPSA) is 96.5 Å². The summed E-state index contributed by atoms with van der Waals surface area (Å²) in [5.74, 6) is 0.135. The number of halogens is 1. The van der Waals surface area contributed by atoms with E-state index in [4.69, 9.17) is 21.1 Å². The van der Waals surface area contributed by atoms with E-state index in [1.54, 1.807) is 29.2 Å². The van der Waals surface area contributed by atoms with Gasteiger partial charge in [0.15, 0.2) is 12.3 Å². The van der Waals surface area contributed by atoms with E-state index in [1.807, 2.05) is 0 Å². The molecule has 0 bridgehead atoms. The van der Waals surface area contributed by atoms with E-state index in [0.717, 1.165) is 17.7 Å². The molecule has 0 spiro atoms. The van der Waals surface area contributed by atoms with Crippen molar-refractivity contribution in [2.24, 2.45) is 0 Å². The summed E-state index contributed by atoms with van der Waals surface area (Å²) >= 11 is 6.04. The summed E-state index contributed by atoms with van der Waals surface area (Å²) < 4.78 is 10.8. The highest BCUT2D eigenvalue weighted by Gasteiger charge is 2.29. The van der Waals surface area contributed by atoms with Crippen LogP contribution in [0.5, 0.6) is 5.75 Å². The second-order valence-corrected chi connectivity index (χ2v) is 7.25. The molecule has 2 amide bonds. The van der Waals surface area contributed by atoms with Crippen molar-refractivity contribution in [3.8, 4) is 5.75 Å². The van der Waals surface area contributed by atoms with Crippen molar-refractivity contribution in [3.05, 3.63) is 46.2 Å². The Bertz CT molecular complexity index is 879. The van der Waals surface area contributed by atoms with Gasteiger partial charge < -0.3 is 19.7 Å². The Hall–Kier alpha value is -2.58. The van der Waals surface area contributed by atoms with Crippen molar-refractivity contribution in [1.29, 1.82) is 0 Å². The average Bonchev–Trinajstić information content (AvgIpc) is 3.36. The average molecular weight is 405 g/mol. The molecule has 2 N–H and O–H groups in total. The lowest BCUT2D eigenvalue weighted by molar-refractivity contribution is -0.134. The highest BCUT2D eigenvalue weighted by molar-refractivity contribution is 6.32. The lowest BCUT2D eigenvalue weighted by Crippen LogP contribution is -2.40. The second kappa shape index (κ2) is 8.20. The summed E-state index contributed by atoms with van der Waals surface area (Å²) in [6.07, 6.45) is 1.37. The van der Waals surface area contributed by atoms with Gasteiger partial charge >= 0.3 is 0 Å². The number of carbonyl (C=O) groups excluding carboxylic acids is 2. The molecule has 2 aliphatic rings. The highest BCUT2D eigenvalue weighted by Crippen LogP contribution is 2.24. The third-order valence-electron chi connectivity index (χ3n) is 4.95. The number of carbonyl (C=O) groups is 2. The molecule has 2 aliphatic heterocycles. The number of nitrogens with one attached hydrogen (secondary N) is 2. The van der Waals surface area contributed by atoms with Crippen molar-refractivity contribution in [2.75, 3.05) is 26.4 Å². The molecule has 8 nitrogen and oxygen atoms in total. The van der Waals surface area contributed by atoms with Gasteiger partial charge in [-0.25, -0.2) is 0 Å². The number of benzene rings is 1. The quantitative estimate of drug-likeness (QED) is 0.788. The summed E-state index contributed by atoms with van der Waals surface area (Å²) in [5.41, 5.74) is 2.05. The number of amides is 2. The van der Waals surface area contributed by atoms with Gasteiger partial charge in [0.2, 0.25) is 0 Å². The van der Waals surface area contributed by atoms with Crippen molar-refractivity contribution in [2.45, 2.75) is 25.4 Å². The van der Waals surface area contributed by atoms with E-state index in [1.165, 1.54) is 0 Å². The molecule has 0 saturated carbocycles. The molecule has 0 radical (unpaired) electrons. The van der Waals surface area contributed by atoms with Gasteiger partial charge in [0.05, 0.1) is 29.9 Å². The van der Waals surface area contributed by atoms with Crippen molar-refractivity contribution in [3.63, 3.8) is 0 Å². The summed E-state index contributed by atoms with van der Waals surface area (Å²) in [4.78, 5) is 26.7. The van der Waals surface area contributed by atoms with E-state index in [-0.39, 0.29) is 24.5 Å². The van der Waals surface area contributed by atoms with Crippen LogP contribution in [0.15, 0.2) is 24.3 Å². The largest absolute Gasteiger partial charge is 0.482 e. The molecule has 1 aromatic heterocycles. The highest BCUT2D eigenvalue weighted by atomic mass is 35.5. The zero-order valence-electron chi connectivity index (χ0n) is 15.2. The Labute approximate surface area is 167 Å². The minimum atomic E-state index is -0.199. The first-order valence-corrected chi connectivity index (χ1v) is 9.59. The molecule has 1 atom stereocenters. The van der Waals surface area contributed by atoms with Crippen LogP contribution in [0, 0.1) is 0 Å². The number of fused-ring (bicyclic) bond motifs is 1. The van der Waals surface area contributed by atoms with E-state index in [0.29, 0.717) is 49.2 Å². The number of aromatic amines is 1. The number of para-hydroxylation sites is 1. The van der Waals surface area contributed by atoms with E-state index in [9.17, 15) is 9.59 Å². The number of nitrogens with zero attached hydrogens (tertiary/aromatic N) is 2. The molecule has 3 heterocycles.